The van der Waals surface area contributed by atoms with Gasteiger partial charge in [0.1, 0.15) is 6.04 Å². The Bertz CT molecular complexity index is 703. The van der Waals surface area contributed by atoms with Gasteiger partial charge in [-0.1, -0.05) is 42.5 Å². The van der Waals surface area contributed by atoms with Gasteiger partial charge >= 0.3 is 5.97 Å². The lowest BCUT2D eigenvalue weighted by Gasteiger charge is -2.21. The van der Waals surface area contributed by atoms with E-state index in [9.17, 15) is 9.59 Å². The summed E-state index contributed by atoms with van der Waals surface area (Å²) in [5.41, 5.74) is 1.66. The Kier molecular flexibility index (Phi) is 7.39. The molecule has 2 aromatic rings. The lowest BCUT2D eigenvalue weighted by atomic mass is 10.0. The lowest BCUT2D eigenvalue weighted by Crippen LogP contribution is -2.45. The first-order valence-electron chi connectivity index (χ1n) is 7.75. The number of hydrogen-bond acceptors (Lipinski definition) is 4. The van der Waals surface area contributed by atoms with Crippen LogP contribution in [0.4, 0.5) is 0 Å². The van der Waals surface area contributed by atoms with Gasteiger partial charge in [-0.05, 0) is 45.9 Å². The van der Waals surface area contributed by atoms with Gasteiger partial charge in [-0.15, -0.1) is 0 Å². The van der Waals surface area contributed by atoms with Crippen molar-refractivity contribution < 1.29 is 19.1 Å². The largest absolute Gasteiger partial charge is 0.467 e. The third kappa shape index (κ3) is 5.54. The minimum atomic E-state index is -0.787. The maximum absolute atomic E-state index is 12.6. The first kappa shape index (κ1) is 19.4. The first-order valence-corrected chi connectivity index (χ1v) is 8.83. The van der Waals surface area contributed by atoms with Crippen LogP contribution in [0.25, 0.3) is 0 Å². The molecular weight excluding hydrogens is 433 g/mol. The SMILES string of the molecule is COC(=O)[C@@H](Cc1ccc(I)cc1)NC(=O)[C@H](OC)c1ccccc1. The average Bonchev–Trinajstić information content (AvgIpc) is 2.64. The van der Waals surface area contributed by atoms with Crippen molar-refractivity contribution in [2.45, 2.75) is 18.6 Å². The molecule has 2 aromatic carbocycles. The monoisotopic (exact) mass is 453 g/mol. The number of nitrogens with one attached hydrogen (secondary N) is 1. The Labute approximate surface area is 160 Å². The van der Waals surface area contributed by atoms with Crippen molar-refractivity contribution in [3.05, 3.63) is 69.3 Å². The molecule has 0 aliphatic rings. The fourth-order valence-electron chi connectivity index (χ4n) is 2.46. The molecule has 132 valence electrons. The molecule has 0 aliphatic heterocycles. The molecule has 0 saturated heterocycles. The Morgan fingerprint density at radius 1 is 1.04 bits per heavy atom. The highest BCUT2D eigenvalue weighted by Crippen LogP contribution is 2.17. The maximum atomic E-state index is 12.6. The van der Waals surface area contributed by atoms with Crippen molar-refractivity contribution in [3.63, 3.8) is 0 Å². The number of amides is 1. The van der Waals surface area contributed by atoms with E-state index in [4.69, 9.17) is 9.47 Å². The van der Waals surface area contributed by atoms with Gasteiger partial charge in [0.25, 0.3) is 5.91 Å². The summed E-state index contributed by atoms with van der Waals surface area (Å²) in [4.78, 5) is 24.7. The molecular formula is C19H20INO4. The summed E-state index contributed by atoms with van der Waals surface area (Å²) in [5, 5.41) is 2.74. The van der Waals surface area contributed by atoms with E-state index < -0.39 is 18.1 Å². The van der Waals surface area contributed by atoms with Gasteiger partial charge in [0, 0.05) is 17.1 Å². The third-order valence-corrected chi connectivity index (χ3v) is 4.45. The second kappa shape index (κ2) is 9.53. The van der Waals surface area contributed by atoms with Crippen molar-refractivity contribution in [1.82, 2.24) is 5.32 Å². The van der Waals surface area contributed by atoms with E-state index in [1.807, 2.05) is 42.5 Å². The number of halogens is 1. The second-order valence-corrected chi connectivity index (χ2v) is 6.69. The fraction of sp³-hybridized carbons (Fsp3) is 0.263. The number of benzene rings is 2. The van der Waals surface area contributed by atoms with E-state index in [1.165, 1.54) is 14.2 Å². The predicted octanol–water partition coefficient (Wildman–Crippen LogP) is 2.88. The number of hydrogen-bond donors (Lipinski definition) is 1. The van der Waals surface area contributed by atoms with Crippen LogP contribution >= 0.6 is 22.6 Å². The van der Waals surface area contributed by atoms with Crippen molar-refractivity contribution in [3.8, 4) is 0 Å². The zero-order valence-corrected chi connectivity index (χ0v) is 16.2. The number of esters is 1. The molecule has 0 fully saturated rings. The van der Waals surface area contributed by atoms with Crippen LogP contribution in [-0.4, -0.2) is 32.1 Å². The molecule has 25 heavy (non-hydrogen) atoms. The van der Waals surface area contributed by atoms with E-state index in [0.717, 1.165) is 14.7 Å². The number of methoxy groups -OCH3 is 2. The quantitative estimate of drug-likeness (QED) is 0.518. The summed E-state index contributed by atoms with van der Waals surface area (Å²) in [7, 11) is 2.77. The summed E-state index contributed by atoms with van der Waals surface area (Å²) in [6.45, 7) is 0. The summed E-state index contributed by atoms with van der Waals surface area (Å²) in [6, 6.07) is 16.1. The summed E-state index contributed by atoms with van der Waals surface area (Å²) >= 11 is 2.21. The topological polar surface area (TPSA) is 64.6 Å². The molecule has 1 amide bonds. The van der Waals surface area contributed by atoms with Gasteiger partial charge in [-0.2, -0.15) is 0 Å². The Morgan fingerprint density at radius 3 is 2.24 bits per heavy atom. The Hall–Kier alpha value is -1.93. The van der Waals surface area contributed by atoms with E-state index in [-0.39, 0.29) is 5.91 Å². The summed E-state index contributed by atoms with van der Waals surface area (Å²) in [6.07, 6.45) is -0.439. The highest BCUT2D eigenvalue weighted by Gasteiger charge is 2.27. The molecule has 0 aliphatic carbocycles. The van der Waals surface area contributed by atoms with E-state index in [2.05, 4.69) is 27.9 Å². The lowest BCUT2D eigenvalue weighted by molar-refractivity contribution is -0.146. The first-order chi connectivity index (χ1) is 12.0. The van der Waals surface area contributed by atoms with E-state index in [1.54, 1.807) is 12.1 Å². The predicted molar refractivity (Wildman–Crippen MR) is 103 cm³/mol. The van der Waals surface area contributed by atoms with Crippen LogP contribution in [0.2, 0.25) is 0 Å². The molecule has 2 atom stereocenters. The molecule has 0 bridgehead atoms. The molecule has 0 spiro atoms. The van der Waals surface area contributed by atoms with E-state index >= 15 is 0 Å². The Balaban J connectivity index is 2.13. The van der Waals surface area contributed by atoms with Gasteiger partial charge < -0.3 is 14.8 Å². The zero-order chi connectivity index (χ0) is 18.2. The van der Waals surface area contributed by atoms with Gasteiger partial charge in [-0.25, -0.2) is 4.79 Å². The minimum Gasteiger partial charge on any atom is -0.467 e. The highest BCUT2D eigenvalue weighted by molar-refractivity contribution is 14.1. The van der Waals surface area contributed by atoms with Crippen molar-refractivity contribution in [1.29, 1.82) is 0 Å². The summed E-state index contributed by atoms with van der Waals surface area (Å²) < 4.78 is 11.2. The van der Waals surface area contributed by atoms with Crippen LogP contribution in [0.3, 0.4) is 0 Å². The number of carbonyl (C=O) groups excluding carboxylic acids is 2. The molecule has 0 aromatic heterocycles. The van der Waals surface area contributed by atoms with Gasteiger partial charge in [0.05, 0.1) is 7.11 Å². The third-order valence-electron chi connectivity index (χ3n) is 3.73. The summed E-state index contributed by atoms with van der Waals surface area (Å²) in [5.74, 6) is -0.871. The molecule has 1 N–H and O–H groups in total. The standard InChI is InChI=1S/C19H20INO4/c1-24-17(14-6-4-3-5-7-14)18(22)21-16(19(23)25-2)12-13-8-10-15(20)11-9-13/h3-11,16-17H,12H2,1-2H3,(H,21,22)/t16-,17-/m1/s1. The molecule has 5 nitrogen and oxygen atoms in total. The average molecular weight is 453 g/mol. The van der Waals surface area contributed by atoms with Crippen molar-refractivity contribution in [2.24, 2.45) is 0 Å². The van der Waals surface area contributed by atoms with Crippen LogP contribution in [-0.2, 0) is 25.5 Å². The smallest absolute Gasteiger partial charge is 0.328 e. The van der Waals surface area contributed by atoms with Crippen molar-refractivity contribution in [2.75, 3.05) is 14.2 Å². The van der Waals surface area contributed by atoms with Crippen molar-refractivity contribution >= 4 is 34.5 Å². The second-order valence-electron chi connectivity index (χ2n) is 5.44. The van der Waals surface area contributed by atoms with Crippen LogP contribution in [0, 0.1) is 3.57 Å². The number of rotatable bonds is 7. The fourth-order valence-corrected chi connectivity index (χ4v) is 2.82. The molecule has 2 rings (SSSR count). The maximum Gasteiger partial charge on any atom is 0.328 e. The van der Waals surface area contributed by atoms with Gasteiger partial charge in [-0.3, -0.25) is 4.79 Å². The van der Waals surface area contributed by atoms with Gasteiger partial charge in [0.15, 0.2) is 6.10 Å². The molecule has 0 heterocycles. The highest BCUT2D eigenvalue weighted by atomic mass is 127. The molecule has 6 heteroatoms. The van der Waals surface area contributed by atoms with Crippen LogP contribution < -0.4 is 5.32 Å². The van der Waals surface area contributed by atoms with Crippen LogP contribution in [0.15, 0.2) is 54.6 Å². The normalized spacial score (nSPS) is 12.9. The minimum absolute atomic E-state index is 0.348. The van der Waals surface area contributed by atoms with Gasteiger partial charge in [0.2, 0.25) is 0 Å². The van der Waals surface area contributed by atoms with E-state index in [0.29, 0.717) is 6.42 Å². The molecule has 0 unspecified atom stereocenters. The van der Waals surface area contributed by atoms with Crippen LogP contribution in [0.1, 0.15) is 17.2 Å². The number of ether oxygens (including phenoxy) is 2. The molecule has 0 radical (unpaired) electrons. The molecule has 0 saturated carbocycles. The number of carbonyl (C=O) groups is 2. The van der Waals surface area contributed by atoms with Crippen LogP contribution in [0.5, 0.6) is 0 Å². The zero-order valence-electron chi connectivity index (χ0n) is 14.1. The Morgan fingerprint density at radius 2 is 1.68 bits per heavy atom.